The number of halogens is 3. The van der Waals surface area contributed by atoms with Crippen LogP contribution in [0.2, 0.25) is 0 Å². The molecule has 3 aromatic rings. The van der Waals surface area contributed by atoms with Crippen molar-refractivity contribution in [2.45, 2.75) is 38.9 Å². The number of nitrogens with one attached hydrogen (secondary N) is 1. The van der Waals surface area contributed by atoms with Gasteiger partial charge >= 0.3 is 6.18 Å². The molecule has 3 heterocycles. The quantitative estimate of drug-likeness (QED) is 0.613. The van der Waals surface area contributed by atoms with Crippen LogP contribution in [-0.2, 0) is 17.5 Å². The monoisotopic (exact) mass is 478 g/mol. The van der Waals surface area contributed by atoms with Crippen molar-refractivity contribution in [3.8, 4) is 0 Å². The van der Waals surface area contributed by atoms with E-state index in [4.69, 9.17) is 0 Å². The largest absolute Gasteiger partial charge is 0.416 e. The van der Waals surface area contributed by atoms with E-state index in [2.05, 4.69) is 10.3 Å². The molecule has 0 bridgehead atoms. The number of aryl methyl sites for hydroxylation is 1. The van der Waals surface area contributed by atoms with Crippen LogP contribution in [0.4, 0.5) is 18.9 Å². The van der Waals surface area contributed by atoms with Gasteiger partial charge in [0.25, 0.3) is 11.5 Å². The van der Waals surface area contributed by atoms with E-state index in [1.807, 2.05) is 0 Å². The van der Waals surface area contributed by atoms with Crippen LogP contribution in [0.25, 0.3) is 10.2 Å². The summed E-state index contributed by atoms with van der Waals surface area (Å²) in [5.41, 5.74) is -0.617. The zero-order chi connectivity index (χ0) is 23.8. The van der Waals surface area contributed by atoms with Gasteiger partial charge in [-0.15, -0.1) is 11.3 Å². The lowest BCUT2D eigenvalue weighted by molar-refractivity contribution is -0.137. The number of likely N-dealkylation sites (tertiary alicyclic amines) is 1. The summed E-state index contributed by atoms with van der Waals surface area (Å²) in [6, 6.07) is 4.10. The molecule has 1 aliphatic rings. The lowest BCUT2D eigenvalue weighted by Gasteiger charge is -2.26. The molecule has 11 heteroatoms. The molecular formula is C22H21F3N4O3S. The van der Waals surface area contributed by atoms with E-state index in [9.17, 15) is 27.6 Å². The zero-order valence-electron chi connectivity index (χ0n) is 17.7. The van der Waals surface area contributed by atoms with E-state index in [0.29, 0.717) is 23.5 Å². The van der Waals surface area contributed by atoms with Crippen molar-refractivity contribution in [2.75, 3.05) is 18.4 Å². The van der Waals surface area contributed by atoms with Crippen LogP contribution in [0.3, 0.4) is 0 Å². The second-order valence-electron chi connectivity index (χ2n) is 7.88. The van der Waals surface area contributed by atoms with Gasteiger partial charge in [-0.05, 0) is 56.0 Å². The molecule has 1 saturated heterocycles. The molecule has 0 spiro atoms. The first kappa shape index (κ1) is 23.0. The Morgan fingerprint density at radius 1 is 1.12 bits per heavy atom. The molecule has 0 saturated carbocycles. The molecule has 1 fully saturated rings. The Morgan fingerprint density at radius 2 is 1.79 bits per heavy atom. The average molecular weight is 478 g/mol. The highest BCUT2D eigenvalue weighted by Crippen LogP contribution is 2.31. The number of thiophene rings is 1. The topological polar surface area (TPSA) is 84.3 Å². The second kappa shape index (κ2) is 8.97. The van der Waals surface area contributed by atoms with Gasteiger partial charge in [0.05, 0.1) is 22.2 Å². The van der Waals surface area contributed by atoms with Crippen molar-refractivity contribution in [3.05, 3.63) is 57.0 Å². The number of carbonyl (C=O) groups excluding carboxylic acids is 2. The maximum atomic E-state index is 13.0. The predicted molar refractivity (Wildman–Crippen MR) is 118 cm³/mol. The molecule has 2 aromatic heterocycles. The molecule has 33 heavy (non-hydrogen) atoms. The van der Waals surface area contributed by atoms with Gasteiger partial charge in [-0.3, -0.25) is 19.0 Å². The molecule has 2 amide bonds. The molecular weight excluding hydrogens is 457 g/mol. The minimum atomic E-state index is -4.47. The summed E-state index contributed by atoms with van der Waals surface area (Å²) < 4.78 is 39.4. The van der Waals surface area contributed by atoms with E-state index >= 15 is 0 Å². The molecule has 0 atom stereocenters. The van der Waals surface area contributed by atoms with Crippen LogP contribution in [0.1, 0.15) is 40.1 Å². The molecule has 0 unspecified atom stereocenters. The Morgan fingerprint density at radius 3 is 2.42 bits per heavy atom. The smallest absolute Gasteiger partial charge is 0.341 e. The third-order valence-electron chi connectivity index (χ3n) is 5.61. The predicted octanol–water partition coefficient (Wildman–Crippen LogP) is 4.05. The fourth-order valence-electron chi connectivity index (χ4n) is 3.81. The number of hydrogen-bond acceptors (Lipinski definition) is 5. The van der Waals surface area contributed by atoms with Crippen molar-refractivity contribution in [1.29, 1.82) is 0 Å². The van der Waals surface area contributed by atoms with Crippen molar-refractivity contribution < 1.29 is 22.8 Å². The molecule has 0 radical (unpaired) electrons. The summed E-state index contributed by atoms with van der Waals surface area (Å²) in [5.74, 6) is -0.697. The van der Waals surface area contributed by atoms with Crippen LogP contribution in [0.5, 0.6) is 0 Å². The van der Waals surface area contributed by atoms with Crippen molar-refractivity contribution in [3.63, 3.8) is 0 Å². The van der Waals surface area contributed by atoms with Gasteiger partial charge in [-0.2, -0.15) is 13.2 Å². The minimum absolute atomic E-state index is 0.121. The number of hydrogen-bond donors (Lipinski definition) is 1. The fraction of sp³-hybridized carbons (Fsp3) is 0.364. The standard InChI is InChI=1S/C22H21F3N4O3S/c1-13-17-20(26-12-29(21(17)32)11-16(30)28-9-3-2-4-10-28)33-18(13)19(31)27-15-7-5-14(6-8-15)22(23,24)25/h5-8,12H,2-4,9-11H2,1H3,(H,27,31). The number of amides is 2. The number of nitrogens with zero attached hydrogens (tertiary/aromatic N) is 3. The summed E-state index contributed by atoms with van der Waals surface area (Å²) in [7, 11) is 0. The van der Waals surface area contributed by atoms with Crippen LogP contribution < -0.4 is 10.9 Å². The number of fused-ring (bicyclic) bond motifs is 1. The maximum Gasteiger partial charge on any atom is 0.416 e. The normalized spacial score (nSPS) is 14.5. The van der Waals surface area contributed by atoms with Crippen LogP contribution in [0.15, 0.2) is 35.4 Å². The zero-order valence-corrected chi connectivity index (χ0v) is 18.6. The molecule has 1 aliphatic heterocycles. The number of carbonyl (C=O) groups is 2. The van der Waals surface area contributed by atoms with Crippen molar-refractivity contribution in [1.82, 2.24) is 14.5 Å². The van der Waals surface area contributed by atoms with E-state index in [-0.39, 0.29) is 28.4 Å². The van der Waals surface area contributed by atoms with E-state index in [1.165, 1.54) is 23.0 Å². The number of aromatic nitrogens is 2. The van der Waals surface area contributed by atoms with Crippen LogP contribution in [0, 0.1) is 6.92 Å². The first-order chi connectivity index (χ1) is 15.6. The van der Waals surface area contributed by atoms with Gasteiger partial charge in [0.15, 0.2) is 0 Å². The van der Waals surface area contributed by atoms with Crippen LogP contribution in [-0.4, -0.2) is 39.4 Å². The van der Waals surface area contributed by atoms with E-state index < -0.39 is 23.2 Å². The average Bonchev–Trinajstić information content (AvgIpc) is 3.13. The van der Waals surface area contributed by atoms with Crippen molar-refractivity contribution >= 4 is 39.1 Å². The van der Waals surface area contributed by atoms with Crippen molar-refractivity contribution in [2.24, 2.45) is 0 Å². The number of anilines is 1. The van der Waals surface area contributed by atoms with Gasteiger partial charge in [-0.1, -0.05) is 0 Å². The first-order valence-electron chi connectivity index (χ1n) is 10.4. The molecule has 174 valence electrons. The van der Waals surface area contributed by atoms with Gasteiger partial charge < -0.3 is 10.2 Å². The Bertz CT molecular complexity index is 1260. The number of rotatable bonds is 4. The van der Waals surface area contributed by atoms with Gasteiger partial charge in [0.1, 0.15) is 11.4 Å². The Labute approximate surface area is 190 Å². The highest BCUT2D eigenvalue weighted by molar-refractivity contribution is 7.20. The summed E-state index contributed by atoms with van der Waals surface area (Å²) >= 11 is 1.02. The Balaban J connectivity index is 1.56. The lowest BCUT2D eigenvalue weighted by Crippen LogP contribution is -2.39. The summed E-state index contributed by atoms with van der Waals surface area (Å²) in [6.07, 6.45) is -0.188. The molecule has 1 aromatic carbocycles. The minimum Gasteiger partial charge on any atom is -0.341 e. The molecule has 0 aliphatic carbocycles. The highest BCUT2D eigenvalue weighted by atomic mass is 32.1. The van der Waals surface area contributed by atoms with Gasteiger partial charge in [0, 0.05) is 18.8 Å². The maximum absolute atomic E-state index is 13.0. The second-order valence-corrected chi connectivity index (χ2v) is 8.88. The van der Waals surface area contributed by atoms with Crippen LogP contribution >= 0.6 is 11.3 Å². The van der Waals surface area contributed by atoms with Gasteiger partial charge in [-0.25, -0.2) is 4.98 Å². The summed E-state index contributed by atoms with van der Waals surface area (Å²) in [6.45, 7) is 2.84. The molecule has 1 N–H and O–H groups in total. The third kappa shape index (κ3) is 4.77. The molecule has 7 nitrogen and oxygen atoms in total. The summed E-state index contributed by atoms with van der Waals surface area (Å²) in [5, 5.41) is 2.81. The molecule has 4 rings (SSSR count). The van der Waals surface area contributed by atoms with E-state index in [0.717, 1.165) is 42.7 Å². The highest BCUT2D eigenvalue weighted by Gasteiger charge is 2.30. The number of benzene rings is 1. The number of alkyl halides is 3. The Kier molecular flexibility index (Phi) is 6.24. The third-order valence-corrected chi connectivity index (χ3v) is 6.81. The first-order valence-corrected chi connectivity index (χ1v) is 11.2. The van der Waals surface area contributed by atoms with E-state index in [1.54, 1.807) is 11.8 Å². The summed E-state index contributed by atoms with van der Waals surface area (Å²) in [4.78, 5) is 44.9. The number of piperidine rings is 1. The fourth-order valence-corrected chi connectivity index (χ4v) is 4.84. The SMILES string of the molecule is Cc1c(C(=O)Nc2ccc(C(F)(F)F)cc2)sc2ncn(CC(=O)N3CCCCC3)c(=O)c12. The Hall–Kier alpha value is -3.21. The van der Waals surface area contributed by atoms with Gasteiger partial charge in [0.2, 0.25) is 5.91 Å². The lowest BCUT2D eigenvalue weighted by atomic mass is 10.1.